The van der Waals surface area contributed by atoms with Crippen LogP contribution in [0.2, 0.25) is 0 Å². The van der Waals surface area contributed by atoms with Crippen LogP contribution in [0.5, 0.6) is 0 Å². The van der Waals surface area contributed by atoms with Gasteiger partial charge in [0.25, 0.3) is 0 Å². The summed E-state index contributed by atoms with van der Waals surface area (Å²) in [7, 11) is 0. The summed E-state index contributed by atoms with van der Waals surface area (Å²) in [6.07, 6.45) is 15.5. The van der Waals surface area contributed by atoms with E-state index in [0.717, 1.165) is 32.3 Å². The van der Waals surface area contributed by atoms with Gasteiger partial charge in [0, 0.05) is 18.9 Å². The van der Waals surface area contributed by atoms with E-state index in [0.29, 0.717) is 11.7 Å². The third-order valence-corrected chi connectivity index (χ3v) is 5.24. The van der Waals surface area contributed by atoms with E-state index in [1.54, 1.807) is 0 Å². The maximum Gasteiger partial charge on any atom is 0.136 e. The van der Waals surface area contributed by atoms with Crippen molar-refractivity contribution in [1.82, 2.24) is 0 Å². The van der Waals surface area contributed by atoms with E-state index in [4.69, 9.17) is 4.74 Å². The van der Waals surface area contributed by atoms with Gasteiger partial charge in [-0.2, -0.15) is 0 Å². The summed E-state index contributed by atoms with van der Waals surface area (Å²) >= 11 is 0. The Bertz CT molecular complexity index is 294. The molecule has 0 aromatic heterocycles. The minimum atomic E-state index is 0.124. The first-order valence-corrected chi connectivity index (χ1v) is 8.92. The topological polar surface area (TPSA) is 26.3 Å². The number of hydrogen-bond acceptors (Lipinski definition) is 2. The van der Waals surface area contributed by atoms with Gasteiger partial charge in [-0.05, 0) is 38.5 Å². The minimum Gasteiger partial charge on any atom is -0.375 e. The fraction of sp³-hybridized carbons (Fsp3) is 0.944. The average Bonchev–Trinajstić information content (AvgIpc) is 2.44. The van der Waals surface area contributed by atoms with E-state index < -0.39 is 0 Å². The standard InChI is InChI=1S/C18H32O2/c1-2-3-4-5-6-7-8-10-17(19)16-11-14-20-18(15-16)12-9-13-18/h16H,2-15H2,1H3. The predicted molar refractivity (Wildman–Crippen MR) is 82.9 cm³/mol. The van der Waals surface area contributed by atoms with Crippen LogP contribution >= 0.6 is 0 Å². The molecule has 1 aliphatic carbocycles. The Kier molecular flexibility index (Phi) is 6.54. The Balaban J connectivity index is 1.55. The predicted octanol–water partition coefficient (Wildman–Crippen LogP) is 5.05. The lowest BCUT2D eigenvalue weighted by atomic mass is 9.71. The molecule has 116 valence electrons. The smallest absolute Gasteiger partial charge is 0.136 e. The number of rotatable bonds is 9. The molecule has 2 aliphatic rings. The normalized spacial score (nSPS) is 24.6. The Morgan fingerprint density at radius 3 is 2.45 bits per heavy atom. The second-order valence-corrected chi connectivity index (χ2v) is 6.91. The zero-order valence-electron chi connectivity index (χ0n) is 13.3. The Hall–Kier alpha value is -0.370. The molecular weight excluding hydrogens is 248 g/mol. The van der Waals surface area contributed by atoms with E-state index in [-0.39, 0.29) is 5.60 Å². The number of ether oxygens (including phenoxy) is 1. The molecule has 0 amide bonds. The first-order valence-electron chi connectivity index (χ1n) is 8.92. The van der Waals surface area contributed by atoms with Crippen LogP contribution in [0.15, 0.2) is 0 Å². The summed E-state index contributed by atoms with van der Waals surface area (Å²) in [5.41, 5.74) is 0.124. The third kappa shape index (κ3) is 4.58. The highest BCUT2D eigenvalue weighted by Crippen LogP contribution is 2.44. The van der Waals surface area contributed by atoms with Crippen molar-refractivity contribution in [2.45, 2.75) is 96.0 Å². The molecule has 1 heterocycles. The van der Waals surface area contributed by atoms with Gasteiger partial charge >= 0.3 is 0 Å². The molecule has 0 aromatic carbocycles. The first kappa shape index (κ1) is 16.0. The molecule has 0 N–H and O–H groups in total. The summed E-state index contributed by atoms with van der Waals surface area (Å²) < 4.78 is 5.91. The molecule has 1 saturated carbocycles. The van der Waals surface area contributed by atoms with Crippen LogP contribution in [0, 0.1) is 5.92 Å². The maximum atomic E-state index is 12.3. The number of unbranched alkanes of at least 4 members (excludes halogenated alkanes) is 6. The summed E-state index contributed by atoms with van der Waals surface area (Å²) in [5, 5.41) is 0. The Morgan fingerprint density at radius 2 is 1.80 bits per heavy atom. The fourth-order valence-electron chi connectivity index (χ4n) is 3.68. The van der Waals surface area contributed by atoms with Crippen molar-refractivity contribution in [1.29, 1.82) is 0 Å². The lowest BCUT2D eigenvalue weighted by molar-refractivity contribution is -0.155. The molecule has 20 heavy (non-hydrogen) atoms. The molecule has 1 unspecified atom stereocenters. The van der Waals surface area contributed by atoms with Crippen molar-refractivity contribution in [2.75, 3.05) is 6.61 Å². The molecule has 1 saturated heterocycles. The zero-order chi connectivity index (χ0) is 14.3. The average molecular weight is 280 g/mol. The van der Waals surface area contributed by atoms with Crippen molar-refractivity contribution < 1.29 is 9.53 Å². The number of hydrogen-bond donors (Lipinski definition) is 0. The van der Waals surface area contributed by atoms with Gasteiger partial charge in [0.2, 0.25) is 0 Å². The molecule has 0 bridgehead atoms. The quantitative estimate of drug-likeness (QED) is 0.553. The molecule has 0 radical (unpaired) electrons. The van der Waals surface area contributed by atoms with Crippen molar-refractivity contribution >= 4 is 5.78 Å². The van der Waals surface area contributed by atoms with Crippen molar-refractivity contribution in [3.05, 3.63) is 0 Å². The lowest BCUT2D eigenvalue weighted by Gasteiger charge is -2.46. The number of ketones is 1. The van der Waals surface area contributed by atoms with Gasteiger partial charge in [-0.15, -0.1) is 0 Å². The summed E-state index contributed by atoms with van der Waals surface area (Å²) in [4.78, 5) is 12.3. The monoisotopic (exact) mass is 280 g/mol. The van der Waals surface area contributed by atoms with Crippen LogP contribution in [0.1, 0.15) is 90.4 Å². The summed E-state index contributed by atoms with van der Waals surface area (Å²) in [6, 6.07) is 0. The molecule has 2 fully saturated rings. The second-order valence-electron chi connectivity index (χ2n) is 6.91. The van der Waals surface area contributed by atoms with Crippen LogP contribution in [0.25, 0.3) is 0 Å². The largest absolute Gasteiger partial charge is 0.375 e. The SMILES string of the molecule is CCCCCCCCCC(=O)C1CCOC2(CCC2)C1. The van der Waals surface area contributed by atoms with E-state index >= 15 is 0 Å². The molecule has 0 aromatic rings. The number of carbonyl (C=O) groups is 1. The van der Waals surface area contributed by atoms with Gasteiger partial charge in [0.1, 0.15) is 5.78 Å². The van der Waals surface area contributed by atoms with Gasteiger partial charge in [-0.1, -0.05) is 45.4 Å². The van der Waals surface area contributed by atoms with E-state index in [2.05, 4.69) is 6.92 Å². The van der Waals surface area contributed by atoms with Gasteiger partial charge in [0.05, 0.1) is 5.60 Å². The molecule has 2 heteroatoms. The van der Waals surface area contributed by atoms with Crippen LogP contribution in [-0.4, -0.2) is 18.0 Å². The summed E-state index contributed by atoms with van der Waals surface area (Å²) in [6.45, 7) is 3.06. The highest BCUT2D eigenvalue weighted by molar-refractivity contribution is 5.81. The maximum absolute atomic E-state index is 12.3. The fourth-order valence-corrected chi connectivity index (χ4v) is 3.68. The summed E-state index contributed by atoms with van der Waals surface area (Å²) in [5.74, 6) is 0.831. The lowest BCUT2D eigenvalue weighted by Crippen LogP contribution is -2.47. The van der Waals surface area contributed by atoms with Crippen molar-refractivity contribution in [2.24, 2.45) is 5.92 Å². The van der Waals surface area contributed by atoms with E-state index in [1.807, 2.05) is 0 Å². The highest BCUT2D eigenvalue weighted by atomic mass is 16.5. The van der Waals surface area contributed by atoms with Crippen LogP contribution in [0.4, 0.5) is 0 Å². The zero-order valence-corrected chi connectivity index (χ0v) is 13.3. The number of Topliss-reactive ketones (excluding diaryl/α,β-unsaturated/α-hetero) is 1. The third-order valence-electron chi connectivity index (χ3n) is 5.24. The van der Waals surface area contributed by atoms with Gasteiger partial charge in [0.15, 0.2) is 0 Å². The van der Waals surface area contributed by atoms with Gasteiger partial charge < -0.3 is 4.74 Å². The first-order chi connectivity index (χ1) is 9.76. The highest BCUT2D eigenvalue weighted by Gasteiger charge is 2.43. The van der Waals surface area contributed by atoms with Crippen LogP contribution in [0.3, 0.4) is 0 Å². The molecule has 1 atom stereocenters. The number of carbonyl (C=O) groups excluding carboxylic acids is 1. The molecule has 2 rings (SSSR count). The van der Waals surface area contributed by atoms with E-state index in [1.165, 1.54) is 57.8 Å². The van der Waals surface area contributed by atoms with Crippen LogP contribution < -0.4 is 0 Å². The van der Waals surface area contributed by atoms with Crippen molar-refractivity contribution in [3.63, 3.8) is 0 Å². The molecule has 2 nitrogen and oxygen atoms in total. The minimum absolute atomic E-state index is 0.124. The molecule has 1 spiro atoms. The van der Waals surface area contributed by atoms with Crippen molar-refractivity contribution in [3.8, 4) is 0 Å². The van der Waals surface area contributed by atoms with E-state index in [9.17, 15) is 4.79 Å². The van der Waals surface area contributed by atoms with Gasteiger partial charge in [-0.25, -0.2) is 0 Å². The molecular formula is C18H32O2. The van der Waals surface area contributed by atoms with Crippen LogP contribution in [-0.2, 0) is 9.53 Å². The Morgan fingerprint density at radius 1 is 1.10 bits per heavy atom. The molecule has 1 aliphatic heterocycles. The van der Waals surface area contributed by atoms with Gasteiger partial charge in [-0.3, -0.25) is 4.79 Å². The second kappa shape index (κ2) is 8.17. The Labute approximate surface area is 124 Å².